The summed E-state index contributed by atoms with van der Waals surface area (Å²) in [6.07, 6.45) is 0. The molecule has 0 bridgehead atoms. The van der Waals surface area contributed by atoms with Gasteiger partial charge in [-0.05, 0) is 55.1 Å². The lowest BCUT2D eigenvalue weighted by atomic mass is 10.2. The molecule has 0 fully saturated rings. The molecule has 0 heterocycles. The van der Waals surface area contributed by atoms with Crippen molar-refractivity contribution in [2.24, 2.45) is 0 Å². The summed E-state index contributed by atoms with van der Waals surface area (Å²) >= 11 is 7.17. The fraction of sp³-hybridized carbons (Fsp3) is 0.294. The van der Waals surface area contributed by atoms with Crippen molar-refractivity contribution in [3.05, 3.63) is 62.5 Å². The van der Waals surface area contributed by atoms with Crippen LogP contribution in [0.3, 0.4) is 0 Å². The molecule has 0 amide bonds. The third-order valence-electron chi connectivity index (χ3n) is 3.10. The highest BCUT2D eigenvalue weighted by molar-refractivity contribution is 9.11. The van der Waals surface area contributed by atoms with E-state index in [0.717, 1.165) is 33.3 Å². The van der Waals surface area contributed by atoms with Crippen molar-refractivity contribution < 1.29 is 9.47 Å². The Kier molecular flexibility index (Phi) is 9.83. The molecular weight excluding hydrogens is 445 g/mol. The first kappa shape index (κ1) is 20.5. The van der Waals surface area contributed by atoms with Crippen molar-refractivity contribution >= 4 is 44.3 Å². The molecule has 0 aromatic heterocycles. The summed E-state index contributed by atoms with van der Waals surface area (Å²) in [6, 6.07) is 14.3. The van der Waals surface area contributed by atoms with Gasteiger partial charge in [-0.15, -0.1) is 12.4 Å². The molecular formula is C17H20Br2ClNO2. The topological polar surface area (TPSA) is 30.5 Å². The minimum Gasteiger partial charge on any atom is -0.487 e. The predicted molar refractivity (Wildman–Crippen MR) is 103 cm³/mol. The van der Waals surface area contributed by atoms with E-state index >= 15 is 0 Å². The summed E-state index contributed by atoms with van der Waals surface area (Å²) in [5.74, 6) is 0.824. The van der Waals surface area contributed by atoms with Gasteiger partial charge in [0, 0.05) is 20.2 Å². The zero-order valence-electron chi connectivity index (χ0n) is 12.9. The first-order valence-electron chi connectivity index (χ1n) is 7.05. The molecule has 1 N–H and O–H groups in total. The van der Waals surface area contributed by atoms with Crippen LogP contribution in [0.2, 0.25) is 0 Å². The third kappa shape index (κ3) is 6.81. The van der Waals surface area contributed by atoms with Crippen LogP contribution in [0.5, 0.6) is 5.75 Å². The van der Waals surface area contributed by atoms with Gasteiger partial charge in [-0.25, -0.2) is 0 Å². The molecule has 2 aromatic carbocycles. The van der Waals surface area contributed by atoms with Crippen LogP contribution < -0.4 is 10.1 Å². The molecule has 0 aliphatic carbocycles. The number of ether oxygens (including phenoxy) is 2. The summed E-state index contributed by atoms with van der Waals surface area (Å²) in [4.78, 5) is 0. The zero-order valence-corrected chi connectivity index (χ0v) is 16.8. The van der Waals surface area contributed by atoms with Crippen LogP contribution in [0.4, 0.5) is 0 Å². The van der Waals surface area contributed by atoms with Gasteiger partial charge >= 0.3 is 0 Å². The molecule has 0 spiro atoms. The lowest BCUT2D eigenvalue weighted by molar-refractivity contribution is 0.199. The largest absolute Gasteiger partial charge is 0.487 e. The smallest absolute Gasteiger partial charge is 0.148 e. The van der Waals surface area contributed by atoms with Gasteiger partial charge in [-0.3, -0.25) is 0 Å². The molecule has 0 saturated carbocycles. The van der Waals surface area contributed by atoms with Crippen LogP contribution in [0.1, 0.15) is 11.1 Å². The van der Waals surface area contributed by atoms with Gasteiger partial charge in [-0.2, -0.15) is 0 Å². The Morgan fingerprint density at radius 1 is 1.00 bits per heavy atom. The number of rotatable bonds is 8. The molecule has 2 aromatic rings. The van der Waals surface area contributed by atoms with Gasteiger partial charge in [0.2, 0.25) is 0 Å². The van der Waals surface area contributed by atoms with Crippen molar-refractivity contribution in [1.29, 1.82) is 0 Å². The molecule has 23 heavy (non-hydrogen) atoms. The summed E-state index contributed by atoms with van der Waals surface area (Å²) in [5.41, 5.74) is 2.33. The standard InChI is InChI=1S/C17H19Br2NO2.ClH/c1-21-8-7-20-11-14-9-15(18)17(16(19)10-14)22-12-13-5-3-2-4-6-13;/h2-6,9-10,20H,7-8,11-12H2,1H3;1H. The minimum atomic E-state index is 0. The molecule has 0 atom stereocenters. The number of hydrogen-bond donors (Lipinski definition) is 1. The molecule has 0 radical (unpaired) electrons. The Balaban J connectivity index is 0.00000264. The van der Waals surface area contributed by atoms with Crippen molar-refractivity contribution in [2.75, 3.05) is 20.3 Å². The molecule has 0 saturated heterocycles. The van der Waals surface area contributed by atoms with Crippen LogP contribution in [0, 0.1) is 0 Å². The second kappa shape index (κ2) is 11.0. The fourth-order valence-electron chi connectivity index (χ4n) is 1.99. The Bertz CT molecular complexity index is 573. The van der Waals surface area contributed by atoms with Gasteiger partial charge in [0.15, 0.2) is 0 Å². The number of halogens is 3. The predicted octanol–water partition coefficient (Wildman–Crippen LogP) is 4.95. The number of benzene rings is 2. The fourth-order valence-corrected chi connectivity index (χ4v) is 3.50. The Hall–Kier alpha value is -0.590. The van der Waals surface area contributed by atoms with Gasteiger partial charge in [0.25, 0.3) is 0 Å². The van der Waals surface area contributed by atoms with E-state index in [1.54, 1.807) is 7.11 Å². The van der Waals surface area contributed by atoms with Gasteiger partial charge in [0.1, 0.15) is 12.4 Å². The van der Waals surface area contributed by atoms with Crippen LogP contribution >= 0.6 is 44.3 Å². The van der Waals surface area contributed by atoms with Crippen molar-refractivity contribution in [3.8, 4) is 5.75 Å². The highest BCUT2D eigenvalue weighted by atomic mass is 79.9. The van der Waals surface area contributed by atoms with E-state index in [1.165, 1.54) is 5.56 Å². The molecule has 3 nitrogen and oxygen atoms in total. The van der Waals surface area contributed by atoms with E-state index in [9.17, 15) is 0 Å². The van der Waals surface area contributed by atoms with Crippen molar-refractivity contribution in [1.82, 2.24) is 5.32 Å². The average Bonchev–Trinajstić information content (AvgIpc) is 2.52. The van der Waals surface area contributed by atoms with E-state index in [4.69, 9.17) is 9.47 Å². The number of methoxy groups -OCH3 is 1. The maximum absolute atomic E-state index is 5.92. The number of hydrogen-bond acceptors (Lipinski definition) is 3. The van der Waals surface area contributed by atoms with Gasteiger partial charge in [-0.1, -0.05) is 30.3 Å². The Morgan fingerprint density at radius 2 is 1.65 bits per heavy atom. The summed E-state index contributed by atoms with van der Waals surface area (Å²) in [6.45, 7) is 2.88. The summed E-state index contributed by atoms with van der Waals surface area (Å²) in [7, 11) is 1.70. The molecule has 0 aliphatic heterocycles. The molecule has 0 unspecified atom stereocenters. The lowest BCUT2D eigenvalue weighted by Crippen LogP contribution is -2.18. The normalized spacial score (nSPS) is 10.2. The molecule has 6 heteroatoms. The highest BCUT2D eigenvalue weighted by Gasteiger charge is 2.09. The monoisotopic (exact) mass is 463 g/mol. The zero-order chi connectivity index (χ0) is 15.8. The average molecular weight is 466 g/mol. The maximum Gasteiger partial charge on any atom is 0.148 e. The first-order valence-corrected chi connectivity index (χ1v) is 8.63. The second-order valence-corrected chi connectivity index (χ2v) is 6.54. The maximum atomic E-state index is 5.92. The SMILES string of the molecule is COCCNCc1cc(Br)c(OCc2ccccc2)c(Br)c1.Cl. The quantitative estimate of drug-likeness (QED) is 0.560. The van der Waals surface area contributed by atoms with E-state index in [-0.39, 0.29) is 12.4 Å². The van der Waals surface area contributed by atoms with Gasteiger partial charge < -0.3 is 14.8 Å². The van der Waals surface area contributed by atoms with E-state index in [1.807, 2.05) is 18.2 Å². The van der Waals surface area contributed by atoms with Crippen LogP contribution in [0.15, 0.2) is 51.4 Å². The van der Waals surface area contributed by atoms with Crippen LogP contribution in [-0.2, 0) is 17.9 Å². The molecule has 0 aliphatic rings. The van der Waals surface area contributed by atoms with E-state index < -0.39 is 0 Å². The van der Waals surface area contributed by atoms with Gasteiger partial charge in [0.05, 0.1) is 15.6 Å². The highest BCUT2D eigenvalue weighted by Crippen LogP contribution is 2.35. The molecule has 2 rings (SSSR count). The lowest BCUT2D eigenvalue weighted by Gasteiger charge is -2.13. The van der Waals surface area contributed by atoms with E-state index in [0.29, 0.717) is 13.2 Å². The minimum absolute atomic E-state index is 0. The Morgan fingerprint density at radius 3 is 2.26 bits per heavy atom. The molecule has 126 valence electrons. The summed E-state index contributed by atoms with van der Waals surface area (Å²) < 4.78 is 12.8. The Labute approximate surface area is 160 Å². The van der Waals surface area contributed by atoms with Crippen molar-refractivity contribution in [2.45, 2.75) is 13.2 Å². The van der Waals surface area contributed by atoms with Crippen LogP contribution in [0.25, 0.3) is 0 Å². The summed E-state index contributed by atoms with van der Waals surface area (Å²) in [5, 5.41) is 3.33. The third-order valence-corrected chi connectivity index (χ3v) is 4.27. The van der Waals surface area contributed by atoms with E-state index in [2.05, 4.69) is 61.4 Å². The van der Waals surface area contributed by atoms with Crippen molar-refractivity contribution in [3.63, 3.8) is 0 Å². The first-order chi connectivity index (χ1) is 10.7. The number of nitrogens with one attached hydrogen (secondary N) is 1. The van der Waals surface area contributed by atoms with Crippen LogP contribution in [-0.4, -0.2) is 20.3 Å². The second-order valence-electron chi connectivity index (χ2n) is 4.83.